The summed E-state index contributed by atoms with van der Waals surface area (Å²) < 4.78 is 5.58. The quantitative estimate of drug-likeness (QED) is 0.713. The zero-order chi connectivity index (χ0) is 9.64. The maximum atomic E-state index is 5.58. The van der Waals surface area contributed by atoms with Gasteiger partial charge in [0.15, 0.2) is 0 Å². The lowest BCUT2D eigenvalue weighted by Crippen LogP contribution is -2.12. The number of benzene rings is 1. The van der Waals surface area contributed by atoms with Gasteiger partial charge in [0.05, 0.1) is 5.71 Å². The van der Waals surface area contributed by atoms with Crippen LogP contribution in [0.3, 0.4) is 0 Å². The second-order valence-electron chi connectivity index (χ2n) is 3.22. The number of allylic oxidation sites excluding steroid dienone is 1. The summed E-state index contributed by atoms with van der Waals surface area (Å²) in [7, 11) is 0. The van der Waals surface area contributed by atoms with Crippen molar-refractivity contribution in [1.82, 2.24) is 0 Å². The number of aliphatic imine (C=N–C) groups is 1. The van der Waals surface area contributed by atoms with E-state index in [1.54, 1.807) is 0 Å². The van der Waals surface area contributed by atoms with Gasteiger partial charge in [-0.25, -0.2) is 0 Å². The zero-order valence-electron chi connectivity index (χ0n) is 8.02. The van der Waals surface area contributed by atoms with Gasteiger partial charge in [-0.05, 0) is 25.0 Å². The minimum Gasteiger partial charge on any atom is -0.488 e. The molecule has 14 heavy (non-hydrogen) atoms. The summed E-state index contributed by atoms with van der Waals surface area (Å²) in [6.45, 7) is 0.606. The van der Waals surface area contributed by atoms with E-state index in [1.165, 1.54) is 0 Å². The molecule has 1 aliphatic heterocycles. The van der Waals surface area contributed by atoms with Crippen LogP contribution in [0.4, 0.5) is 0 Å². The largest absolute Gasteiger partial charge is 0.488 e. The normalized spacial score (nSPS) is 15.0. The van der Waals surface area contributed by atoms with E-state index in [-0.39, 0.29) is 0 Å². The Morgan fingerprint density at radius 3 is 2.79 bits per heavy atom. The fraction of sp³-hybridized carbons (Fsp3) is 0.250. The highest BCUT2D eigenvalue weighted by Gasteiger charge is 2.02. The topological polar surface area (TPSA) is 21.6 Å². The predicted octanol–water partition coefficient (Wildman–Crippen LogP) is 2.81. The highest BCUT2D eigenvalue weighted by atomic mass is 16.5. The van der Waals surface area contributed by atoms with Gasteiger partial charge in [-0.1, -0.05) is 24.3 Å². The fourth-order valence-electron chi connectivity index (χ4n) is 1.34. The Hall–Kier alpha value is -1.57. The first kappa shape index (κ1) is 9.00. The molecule has 0 amide bonds. The number of rotatable bonds is 3. The summed E-state index contributed by atoms with van der Waals surface area (Å²) in [4.78, 5) is 4.26. The Bertz CT molecular complexity index is 341. The fourth-order valence-corrected chi connectivity index (χ4v) is 1.34. The van der Waals surface area contributed by atoms with Crippen molar-refractivity contribution in [3.05, 3.63) is 42.6 Å². The smallest absolute Gasteiger partial charge is 0.126 e. The van der Waals surface area contributed by atoms with Gasteiger partial charge in [0.1, 0.15) is 12.4 Å². The average Bonchev–Trinajstić information content (AvgIpc) is 2.29. The van der Waals surface area contributed by atoms with Crippen molar-refractivity contribution in [1.29, 1.82) is 0 Å². The molecule has 0 saturated carbocycles. The maximum Gasteiger partial charge on any atom is 0.126 e. The van der Waals surface area contributed by atoms with Crippen LogP contribution >= 0.6 is 0 Å². The van der Waals surface area contributed by atoms with Crippen molar-refractivity contribution in [2.24, 2.45) is 4.99 Å². The van der Waals surface area contributed by atoms with Crippen molar-refractivity contribution in [3.8, 4) is 5.75 Å². The Balaban J connectivity index is 1.88. The molecular formula is C12H13NO. The van der Waals surface area contributed by atoms with Crippen LogP contribution in [0.15, 0.2) is 47.6 Å². The van der Waals surface area contributed by atoms with E-state index in [2.05, 4.69) is 11.1 Å². The maximum absolute atomic E-state index is 5.58. The number of para-hydroxylation sites is 1. The lowest BCUT2D eigenvalue weighted by atomic mass is 10.2. The summed E-state index contributed by atoms with van der Waals surface area (Å²) in [5.41, 5.74) is 1.12. The van der Waals surface area contributed by atoms with Crippen LogP contribution < -0.4 is 4.74 Å². The molecule has 2 heteroatoms. The molecule has 0 fully saturated rings. The molecule has 1 aromatic rings. The third-order valence-corrected chi connectivity index (χ3v) is 2.11. The highest BCUT2D eigenvalue weighted by molar-refractivity contribution is 5.87. The van der Waals surface area contributed by atoms with E-state index >= 15 is 0 Å². The summed E-state index contributed by atoms with van der Waals surface area (Å²) in [6, 6.07) is 9.84. The molecule has 0 N–H and O–H groups in total. The lowest BCUT2D eigenvalue weighted by molar-refractivity contribution is 0.374. The van der Waals surface area contributed by atoms with Gasteiger partial charge in [0.2, 0.25) is 0 Å². The van der Waals surface area contributed by atoms with Gasteiger partial charge >= 0.3 is 0 Å². The lowest BCUT2D eigenvalue weighted by Gasteiger charge is -2.09. The van der Waals surface area contributed by atoms with Gasteiger partial charge in [0, 0.05) is 6.20 Å². The second kappa shape index (κ2) is 4.61. The van der Waals surface area contributed by atoms with E-state index in [0.717, 1.165) is 24.3 Å². The number of hydrogen-bond acceptors (Lipinski definition) is 2. The van der Waals surface area contributed by atoms with Crippen molar-refractivity contribution >= 4 is 5.71 Å². The molecule has 0 aliphatic carbocycles. The molecule has 0 aromatic heterocycles. The van der Waals surface area contributed by atoms with E-state index in [9.17, 15) is 0 Å². The molecule has 1 aromatic carbocycles. The molecule has 0 radical (unpaired) electrons. The monoisotopic (exact) mass is 187 g/mol. The minimum atomic E-state index is 0.606. The number of ether oxygens (including phenoxy) is 1. The summed E-state index contributed by atoms with van der Waals surface area (Å²) >= 11 is 0. The molecular weight excluding hydrogens is 174 g/mol. The van der Waals surface area contributed by atoms with Crippen LogP contribution in [0, 0.1) is 0 Å². The Kier molecular flexibility index (Phi) is 2.96. The Morgan fingerprint density at radius 2 is 2.07 bits per heavy atom. The summed E-state index contributed by atoms with van der Waals surface area (Å²) in [6.07, 6.45) is 6.03. The Morgan fingerprint density at radius 1 is 1.21 bits per heavy atom. The van der Waals surface area contributed by atoms with Crippen LogP contribution in [0.5, 0.6) is 5.75 Å². The van der Waals surface area contributed by atoms with E-state index in [0.29, 0.717) is 6.61 Å². The first-order chi connectivity index (χ1) is 6.95. The third kappa shape index (κ3) is 2.46. The van der Waals surface area contributed by atoms with Crippen LogP contribution in [-0.4, -0.2) is 12.3 Å². The van der Waals surface area contributed by atoms with Gasteiger partial charge < -0.3 is 4.74 Å². The van der Waals surface area contributed by atoms with Crippen molar-refractivity contribution < 1.29 is 4.74 Å². The van der Waals surface area contributed by atoms with Gasteiger partial charge in [0.25, 0.3) is 0 Å². The molecule has 72 valence electrons. The van der Waals surface area contributed by atoms with Crippen LogP contribution in [-0.2, 0) is 0 Å². The molecule has 1 aliphatic rings. The SMILES string of the molecule is C1=CN=C(COc2ccccc2)CC1. The average molecular weight is 187 g/mol. The first-order valence-corrected chi connectivity index (χ1v) is 4.83. The summed E-state index contributed by atoms with van der Waals surface area (Å²) in [5.74, 6) is 0.907. The molecule has 0 spiro atoms. The van der Waals surface area contributed by atoms with Gasteiger partial charge in [-0.15, -0.1) is 0 Å². The van der Waals surface area contributed by atoms with Crippen LogP contribution in [0.2, 0.25) is 0 Å². The highest BCUT2D eigenvalue weighted by Crippen LogP contribution is 2.10. The van der Waals surface area contributed by atoms with Crippen LogP contribution in [0.1, 0.15) is 12.8 Å². The van der Waals surface area contributed by atoms with Crippen LogP contribution in [0.25, 0.3) is 0 Å². The Labute approximate surface area is 83.9 Å². The minimum absolute atomic E-state index is 0.606. The molecule has 0 saturated heterocycles. The second-order valence-corrected chi connectivity index (χ2v) is 3.22. The van der Waals surface area contributed by atoms with Gasteiger partial charge in [-0.2, -0.15) is 0 Å². The van der Waals surface area contributed by atoms with E-state index < -0.39 is 0 Å². The zero-order valence-corrected chi connectivity index (χ0v) is 8.02. The molecule has 2 nitrogen and oxygen atoms in total. The molecule has 0 atom stereocenters. The first-order valence-electron chi connectivity index (χ1n) is 4.83. The summed E-state index contributed by atoms with van der Waals surface area (Å²) in [5, 5.41) is 0. The molecule has 2 rings (SSSR count). The number of hydrogen-bond donors (Lipinski definition) is 0. The predicted molar refractivity (Wildman–Crippen MR) is 57.7 cm³/mol. The number of nitrogens with zero attached hydrogens (tertiary/aromatic N) is 1. The molecule has 0 unspecified atom stereocenters. The van der Waals surface area contributed by atoms with Gasteiger partial charge in [-0.3, -0.25) is 4.99 Å². The van der Waals surface area contributed by atoms with Crippen molar-refractivity contribution in [3.63, 3.8) is 0 Å². The standard InChI is InChI=1S/C12H13NO/c1-2-7-12(8-3-1)14-10-11-6-4-5-9-13-11/h1-3,5,7-9H,4,6,10H2. The van der Waals surface area contributed by atoms with Crippen molar-refractivity contribution in [2.45, 2.75) is 12.8 Å². The van der Waals surface area contributed by atoms with E-state index in [4.69, 9.17) is 4.74 Å². The third-order valence-electron chi connectivity index (χ3n) is 2.11. The van der Waals surface area contributed by atoms with E-state index in [1.807, 2.05) is 36.5 Å². The molecule has 1 heterocycles. The molecule has 0 bridgehead atoms. The van der Waals surface area contributed by atoms with Crippen molar-refractivity contribution in [2.75, 3.05) is 6.61 Å².